The van der Waals surface area contributed by atoms with E-state index in [4.69, 9.17) is 4.42 Å². The van der Waals surface area contributed by atoms with Crippen LogP contribution in [0.5, 0.6) is 0 Å². The van der Waals surface area contributed by atoms with E-state index in [-0.39, 0.29) is 17.9 Å². The Bertz CT molecular complexity index is 1040. The molecule has 2 aromatic heterocycles. The maximum absolute atomic E-state index is 14.0. The number of hydrogen-bond acceptors (Lipinski definition) is 4. The van der Waals surface area contributed by atoms with Crippen molar-refractivity contribution in [2.75, 3.05) is 19.6 Å². The van der Waals surface area contributed by atoms with E-state index in [9.17, 15) is 9.59 Å². The number of nitrogens with one attached hydrogen (secondary N) is 1. The predicted octanol–water partition coefficient (Wildman–Crippen LogP) is 5.07. The van der Waals surface area contributed by atoms with Gasteiger partial charge in [-0.3, -0.25) is 9.59 Å². The number of furan rings is 1. The van der Waals surface area contributed by atoms with Crippen molar-refractivity contribution in [3.63, 3.8) is 0 Å². The number of likely N-dealkylation sites (tertiary alicyclic amines) is 1. The molecule has 2 atom stereocenters. The Kier molecular flexibility index (Phi) is 7.56. The predicted molar refractivity (Wildman–Crippen MR) is 141 cm³/mol. The Labute approximate surface area is 215 Å². The number of carbonyl (C=O) groups is 2. The van der Waals surface area contributed by atoms with E-state index < -0.39 is 5.54 Å². The Morgan fingerprint density at radius 3 is 2.50 bits per heavy atom. The molecule has 5 rings (SSSR count). The van der Waals surface area contributed by atoms with Crippen molar-refractivity contribution in [3.05, 3.63) is 36.2 Å². The molecule has 1 saturated carbocycles. The lowest BCUT2D eigenvalue weighted by molar-refractivity contribution is -0.133. The third-order valence-corrected chi connectivity index (χ3v) is 8.73. The summed E-state index contributed by atoms with van der Waals surface area (Å²) in [5.74, 6) is 0.621. The third-order valence-electron chi connectivity index (χ3n) is 8.73. The van der Waals surface area contributed by atoms with Crippen molar-refractivity contribution in [1.29, 1.82) is 0 Å². The molecule has 2 amide bonds. The molecule has 1 saturated heterocycles. The molecule has 1 aliphatic carbocycles. The molecule has 1 N–H and O–H groups in total. The lowest BCUT2D eigenvalue weighted by Gasteiger charge is -2.45. The van der Waals surface area contributed by atoms with Gasteiger partial charge in [-0.2, -0.15) is 0 Å². The fourth-order valence-electron chi connectivity index (χ4n) is 6.45. The number of piperidine rings is 1. The van der Waals surface area contributed by atoms with Gasteiger partial charge in [0.15, 0.2) is 0 Å². The van der Waals surface area contributed by atoms with Crippen LogP contribution >= 0.6 is 0 Å². The highest BCUT2D eigenvalue weighted by Gasteiger charge is 2.48. The first-order valence-corrected chi connectivity index (χ1v) is 14.1. The van der Waals surface area contributed by atoms with Crippen LogP contribution < -0.4 is 5.32 Å². The van der Waals surface area contributed by atoms with Crippen LogP contribution in [0.3, 0.4) is 0 Å². The zero-order chi connectivity index (χ0) is 25.1. The average molecular weight is 495 g/mol. The summed E-state index contributed by atoms with van der Waals surface area (Å²) in [6.45, 7) is 7.36. The first-order valence-electron chi connectivity index (χ1n) is 14.1. The summed E-state index contributed by atoms with van der Waals surface area (Å²) in [6, 6.07) is 8.36. The van der Waals surface area contributed by atoms with Crippen LogP contribution in [0.4, 0.5) is 0 Å². The summed E-state index contributed by atoms with van der Waals surface area (Å²) in [7, 11) is 0. The summed E-state index contributed by atoms with van der Waals surface area (Å²) in [6.07, 6.45) is 13.1. The highest BCUT2D eigenvalue weighted by Crippen LogP contribution is 2.34. The van der Waals surface area contributed by atoms with Gasteiger partial charge in [0.2, 0.25) is 5.91 Å². The Morgan fingerprint density at radius 1 is 1.03 bits per heavy atom. The highest BCUT2D eigenvalue weighted by atomic mass is 16.3. The molecule has 2 aromatic rings. The minimum absolute atomic E-state index is 0.0289. The second kappa shape index (κ2) is 10.8. The van der Waals surface area contributed by atoms with E-state index in [1.165, 1.54) is 32.1 Å². The van der Waals surface area contributed by atoms with Crippen molar-refractivity contribution in [2.24, 2.45) is 0 Å². The van der Waals surface area contributed by atoms with Gasteiger partial charge in [-0.15, -0.1) is 0 Å². The van der Waals surface area contributed by atoms with E-state index in [1.54, 1.807) is 6.26 Å². The Balaban J connectivity index is 1.39. The molecular weight excluding hydrogens is 452 g/mol. The molecule has 0 spiro atoms. The molecule has 3 aliphatic rings. The standard InChI is InChI=1S/C29H42N4O3/c1-22-11-7-8-17-31(22)18-10-19-33-27(34)25-16-15-24(26-14-9-20-36-26)32(25)21-29(33,2)28(35)30-23-12-5-3-4-6-13-23/h9,14-16,20,22-23H,3-8,10-13,17-19,21H2,1-2H3,(H,30,35)/t22-,29-/m1/s1. The minimum atomic E-state index is -0.954. The molecule has 7 nitrogen and oxygen atoms in total. The zero-order valence-electron chi connectivity index (χ0n) is 22.0. The molecule has 2 aliphatic heterocycles. The summed E-state index contributed by atoms with van der Waals surface area (Å²) in [5.41, 5.74) is 0.524. The number of nitrogens with zero attached hydrogens (tertiary/aromatic N) is 3. The van der Waals surface area contributed by atoms with Crippen molar-refractivity contribution in [1.82, 2.24) is 19.7 Å². The van der Waals surface area contributed by atoms with E-state index >= 15 is 0 Å². The largest absolute Gasteiger partial charge is 0.463 e. The first-order chi connectivity index (χ1) is 17.5. The van der Waals surface area contributed by atoms with Crippen LogP contribution in [-0.4, -0.2) is 63.4 Å². The minimum Gasteiger partial charge on any atom is -0.463 e. The van der Waals surface area contributed by atoms with Gasteiger partial charge in [0.25, 0.3) is 5.91 Å². The molecule has 196 valence electrons. The molecule has 0 radical (unpaired) electrons. The summed E-state index contributed by atoms with van der Waals surface area (Å²) in [4.78, 5) is 32.2. The SMILES string of the molecule is C[C@@H]1CCCCN1CCCN1C(=O)c2ccc(-c3ccco3)n2C[C@]1(C)C(=O)NC1CCCCCC1. The number of aromatic nitrogens is 1. The van der Waals surface area contributed by atoms with Crippen LogP contribution in [0.1, 0.15) is 88.5 Å². The highest BCUT2D eigenvalue weighted by molar-refractivity contribution is 6.00. The van der Waals surface area contributed by atoms with Gasteiger partial charge in [0, 0.05) is 25.2 Å². The molecule has 0 bridgehead atoms. The van der Waals surface area contributed by atoms with Gasteiger partial charge >= 0.3 is 0 Å². The maximum Gasteiger partial charge on any atom is 0.271 e. The van der Waals surface area contributed by atoms with Gasteiger partial charge in [-0.05, 0) is 76.8 Å². The topological polar surface area (TPSA) is 70.7 Å². The van der Waals surface area contributed by atoms with Gasteiger partial charge in [-0.25, -0.2) is 0 Å². The van der Waals surface area contributed by atoms with Crippen molar-refractivity contribution < 1.29 is 14.0 Å². The van der Waals surface area contributed by atoms with Crippen molar-refractivity contribution in [2.45, 2.75) is 102 Å². The Morgan fingerprint density at radius 2 is 1.78 bits per heavy atom. The second-order valence-corrected chi connectivity index (χ2v) is 11.3. The van der Waals surface area contributed by atoms with Gasteiger partial charge < -0.3 is 24.1 Å². The summed E-state index contributed by atoms with van der Waals surface area (Å²) >= 11 is 0. The van der Waals surface area contributed by atoms with E-state index in [0.717, 1.165) is 50.9 Å². The monoisotopic (exact) mass is 494 g/mol. The molecule has 7 heteroatoms. The fourth-order valence-corrected chi connectivity index (χ4v) is 6.45. The first kappa shape index (κ1) is 25.1. The third kappa shape index (κ3) is 4.99. The molecule has 36 heavy (non-hydrogen) atoms. The van der Waals surface area contributed by atoms with E-state index in [2.05, 4.69) is 17.1 Å². The second-order valence-electron chi connectivity index (χ2n) is 11.3. The van der Waals surface area contributed by atoms with Crippen LogP contribution in [0.2, 0.25) is 0 Å². The smallest absolute Gasteiger partial charge is 0.271 e. The van der Waals surface area contributed by atoms with Crippen LogP contribution in [0.15, 0.2) is 34.9 Å². The number of hydrogen-bond donors (Lipinski definition) is 1. The average Bonchev–Trinajstić information content (AvgIpc) is 3.47. The van der Waals surface area contributed by atoms with E-state index in [0.29, 0.717) is 30.6 Å². The van der Waals surface area contributed by atoms with E-state index in [1.807, 2.05) is 40.7 Å². The number of amides is 2. The number of carbonyl (C=O) groups excluding carboxylic acids is 2. The lowest BCUT2D eigenvalue weighted by atomic mass is 9.93. The molecule has 2 fully saturated rings. The van der Waals surface area contributed by atoms with Crippen LogP contribution in [-0.2, 0) is 11.3 Å². The number of fused-ring (bicyclic) bond motifs is 1. The van der Waals surface area contributed by atoms with Crippen molar-refractivity contribution >= 4 is 11.8 Å². The maximum atomic E-state index is 14.0. The quantitative estimate of drug-likeness (QED) is 0.546. The zero-order valence-corrected chi connectivity index (χ0v) is 22.0. The van der Waals surface area contributed by atoms with Gasteiger partial charge in [0.1, 0.15) is 17.0 Å². The lowest BCUT2D eigenvalue weighted by Crippen LogP contribution is -2.65. The van der Waals surface area contributed by atoms with Gasteiger partial charge in [-0.1, -0.05) is 32.1 Å². The molecule has 0 unspecified atom stereocenters. The summed E-state index contributed by atoms with van der Waals surface area (Å²) < 4.78 is 7.64. The molecule has 0 aromatic carbocycles. The Hall–Kier alpha value is -2.54. The van der Waals surface area contributed by atoms with Crippen LogP contribution in [0, 0.1) is 0 Å². The molecule has 4 heterocycles. The summed E-state index contributed by atoms with van der Waals surface area (Å²) in [5, 5.41) is 3.36. The number of rotatable bonds is 7. The fraction of sp³-hybridized carbons (Fsp3) is 0.655. The normalized spacial score (nSPS) is 26.0. The van der Waals surface area contributed by atoms with Crippen LogP contribution in [0.25, 0.3) is 11.5 Å². The van der Waals surface area contributed by atoms with Crippen molar-refractivity contribution in [3.8, 4) is 11.5 Å². The van der Waals surface area contributed by atoms with Gasteiger partial charge in [0.05, 0.1) is 18.5 Å². The molecular formula is C29H42N4O3.